The highest BCUT2D eigenvalue weighted by molar-refractivity contribution is 8.00. The van der Waals surface area contributed by atoms with Crippen LogP contribution in [0.3, 0.4) is 0 Å². The SMILES string of the molecule is CC(N)C(SC(C)C(C)O)c1ccccc1Cl. The molecule has 0 heterocycles. The van der Waals surface area contributed by atoms with E-state index in [1.165, 1.54) is 0 Å². The normalized spacial score (nSPS) is 18.5. The van der Waals surface area contributed by atoms with E-state index in [9.17, 15) is 5.11 Å². The largest absolute Gasteiger partial charge is 0.392 e. The first-order valence-electron chi connectivity index (χ1n) is 5.77. The summed E-state index contributed by atoms with van der Waals surface area (Å²) in [5.41, 5.74) is 7.07. The molecule has 4 atom stereocenters. The number of halogens is 1. The van der Waals surface area contributed by atoms with E-state index in [0.29, 0.717) is 0 Å². The molecule has 0 spiro atoms. The molecule has 3 N–H and O–H groups in total. The summed E-state index contributed by atoms with van der Waals surface area (Å²) < 4.78 is 0. The zero-order valence-electron chi connectivity index (χ0n) is 10.4. The zero-order valence-corrected chi connectivity index (χ0v) is 12.0. The number of hydrogen-bond donors (Lipinski definition) is 2. The third-order valence-electron chi connectivity index (χ3n) is 2.73. The van der Waals surface area contributed by atoms with Crippen LogP contribution in [0.1, 0.15) is 31.6 Å². The van der Waals surface area contributed by atoms with Gasteiger partial charge in [0.1, 0.15) is 0 Å². The van der Waals surface area contributed by atoms with Gasteiger partial charge in [0, 0.05) is 21.6 Å². The van der Waals surface area contributed by atoms with Gasteiger partial charge in [0.25, 0.3) is 0 Å². The summed E-state index contributed by atoms with van der Waals surface area (Å²) in [5, 5.41) is 10.5. The third-order valence-corrected chi connectivity index (χ3v) is 4.87. The highest BCUT2D eigenvalue weighted by Gasteiger charge is 2.23. The van der Waals surface area contributed by atoms with Gasteiger partial charge < -0.3 is 10.8 Å². The quantitative estimate of drug-likeness (QED) is 0.866. The van der Waals surface area contributed by atoms with E-state index in [1.807, 2.05) is 38.1 Å². The Morgan fingerprint density at radius 2 is 1.82 bits per heavy atom. The monoisotopic (exact) mass is 273 g/mol. The minimum absolute atomic E-state index is 0.0129. The van der Waals surface area contributed by atoms with Crippen LogP contribution in [0.25, 0.3) is 0 Å². The number of thioether (sulfide) groups is 1. The van der Waals surface area contributed by atoms with Crippen molar-refractivity contribution in [1.82, 2.24) is 0 Å². The maximum absolute atomic E-state index is 9.57. The van der Waals surface area contributed by atoms with Gasteiger partial charge in [0.15, 0.2) is 0 Å². The first-order valence-corrected chi connectivity index (χ1v) is 7.09. The van der Waals surface area contributed by atoms with E-state index in [1.54, 1.807) is 18.7 Å². The summed E-state index contributed by atoms with van der Waals surface area (Å²) in [4.78, 5) is 0. The number of aliphatic hydroxyl groups excluding tert-OH is 1. The molecule has 1 aromatic carbocycles. The Kier molecular flexibility index (Phi) is 5.80. The lowest BCUT2D eigenvalue weighted by molar-refractivity contribution is 0.196. The highest BCUT2D eigenvalue weighted by atomic mass is 35.5. The molecule has 0 bridgehead atoms. The van der Waals surface area contributed by atoms with Crippen molar-refractivity contribution in [3.63, 3.8) is 0 Å². The van der Waals surface area contributed by atoms with E-state index < -0.39 is 0 Å². The molecule has 0 saturated heterocycles. The van der Waals surface area contributed by atoms with Crippen LogP contribution in [-0.4, -0.2) is 22.5 Å². The molecule has 1 rings (SSSR count). The van der Waals surface area contributed by atoms with E-state index >= 15 is 0 Å². The van der Waals surface area contributed by atoms with Crippen LogP contribution in [0.15, 0.2) is 24.3 Å². The van der Waals surface area contributed by atoms with Gasteiger partial charge in [-0.05, 0) is 25.5 Å². The van der Waals surface area contributed by atoms with Crippen molar-refractivity contribution in [3.05, 3.63) is 34.9 Å². The van der Waals surface area contributed by atoms with Gasteiger partial charge in [-0.2, -0.15) is 0 Å². The first-order chi connectivity index (χ1) is 7.93. The Morgan fingerprint density at radius 1 is 1.24 bits per heavy atom. The molecule has 4 unspecified atom stereocenters. The smallest absolute Gasteiger partial charge is 0.0628 e. The van der Waals surface area contributed by atoms with Crippen molar-refractivity contribution in [2.75, 3.05) is 0 Å². The van der Waals surface area contributed by atoms with Crippen LogP contribution in [0, 0.1) is 0 Å². The standard InChI is InChI=1S/C13H20ClNOS/c1-8(15)13(17-10(3)9(2)16)11-6-4-5-7-12(11)14/h4-10,13,16H,15H2,1-3H3. The van der Waals surface area contributed by atoms with Gasteiger partial charge in [-0.3, -0.25) is 0 Å². The predicted octanol–water partition coefficient (Wildman–Crippen LogP) is 3.23. The van der Waals surface area contributed by atoms with E-state index in [0.717, 1.165) is 10.6 Å². The second-order valence-electron chi connectivity index (χ2n) is 4.38. The molecule has 0 aromatic heterocycles. The molecule has 2 nitrogen and oxygen atoms in total. The van der Waals surface area contributed by atoms with Crippen LogP contribution in [0.5, 0.6) is 0 Å². The Morgan fingerprint density at radius 3 is 2.29 bits per heavy atom. The summed E-state index contributed by atoms with van der Waals surface area (Å²) in [6.45, 7) is 5.76. The number of benzene rings is 1. The lowest BCUT2D eigenvalue weighted by Gasteiger charge is -2.26. The fraction of sp³-hybridized carbons (Fsp3) is 0.538. The molecule has 0 saturated carbocycles. The van der Waals surface area contributed by atoms with Crippen molar-refractivity contribution in [3.8, 4) is 0 Å². The topological polar surface area (TPSA) is 46.2 Å². The second kappa shape index (κ2) is 6.64. The molecular formula is C13H20ClNOS. The number of rotatable bonds is 5. The maximum atomic E-state index is 9.57. The fourth-order valence-corrected chi connectivity index (χ4v) is 3.14. The third kappa shape index (κ3) is 4.18. The lowest BCUT2D eigenvalue weighted by Crippen LogP contribution is -2.27. The zero-order chi connectivity index (χ0) is 13.0. The Labute approximate surface area is 113 Å². The molecule has 96 valence electrons. The maximum Gasteiger partial charge on any atom is 0.0628 e. The first kappa shape index (κ1) is 14.8. The van der Waals surface area contributed by atoms with Crippen molar-refractivity contribution in [1.29, 1.82) is 0 Å². The Balaban J connectivity index is 2.91. The van der Waals surface area contributed by atoms with Crippen molar-refractivity contribution >= 4 is 23.4 Å². The van der Waals surface area contributed by atoms with Crippen LogP contribution >= 0.6 is 23.4 Å². The molecule has 0 aliphatic rings. The van der Waals surface area contributed by atoms with Crippen LogP contribution in [-0.2, 0) is 0 Å². The van der Waals surface area contributed by atoms with Gasteiger partial charge in [-0.1, -0.05) is 36.7 Å². The molecule has 0 fully saturated rings. The molecular weight excluding hydrogens is 254 g/mol. The van der Waals surface area contributed by atoms with Gasteiger partial charge in [0.05, 0.1) is 6.10 Å². The predicted molar refractivity (Wildman–Crippen MR) is 76.6 cm³/mol. The fourth-order valence-electron chi connectivity index (χ4n) is 1.53. The van der Waals surface area contributed by atoms with Crippen molar-refractivity contribution < 1.29 is 5.11 Å². The van der Waals surface area contributed by atoms with Gasteiger partial charge >= 0.3 is 0 Å². The minimum atomic E-state index is -0.358. The lowest BCUT2D eigenvalue weighted by atomic mass is 10.1. The minimum Gasteiger partial charge on any atom is -0.392 e. The molecule has 17 heavy (non-hydrogen) atoms. The number of aliphatic hydroxyl groups is 1. The van der Waals surface area contributed by atoms with E-state index in [-0.39, 0.29) is 22.6 Å². The average molecular weight is 274 g/mol. The number of nitrogens with two attached hydrogens (primary N) is 1. The molecule has 0 amide bonds. The van der Waals surface area contributed by atoms with Gasteiger partial charge in [-0.15, -0.1) is 11.8 Å². The summed E-state index contributed by atoms with van der Waals surface area (Å²) in [5.74, 6) is 0. The molecule has 4 heteroatoms. The van der Waals surface area contributed by atoms with Gasteiger partial charge in [0.2, 0.25) is 0 Å². The highest BCUT2D eigenvalue weighted by Crippen LogP contribution is 2.38. The molecule has 1 aromatic rings. The van der Waals surface area contributed by atoms with Crippen LogP contribution in [0.2, 0.25) is 5.02 Å². The summed E-state index contributed by atoms with van der Waals surface area (Å²) in [6.07, 6.45) is -0.358. The Bertz CT molecular complexity index is 357. The molecule has 0 aliphatic carbocycles. The van der Waals surface area contributed by atoms with Crippen molar-refractivity contribution in [2.45, 2.75) is 43.4 Å². The van der Waals surface area contributed by atoms with Crippen molar-refractivity contribution in [2.24, 2.45) is 5.73 Å². The summed E-state index contributed by atoms with van der Waals surface area (Å²) in [6, 6.07) is 7.73. The second-order valence-corrected chi connectivity index (χ2v) is 6.31. The molecule has 0 aliphatic heterocycles. The summed E-state index contributed by atoms with van der Waals surface area (Å²) >= 11 is 7.86. The Hall–Kier alpha value is -0.220. The number of hydrogen-bond acceptors (Lipinski definition) is 3. The van der Waals surface area contributed by atoms with Crippen LogP contribution < -0.4 is 5.73 Å². The molecule has 0 radical (unpaired) electrons. The van der Waals surface area contributed by atoms with Crippen LogP contribution in [0.4, 0.5) is 0 Å². The van der Waals surface area contributed by atoms with E-state index in [4.69, 9.17) is 17.3 Å². The average Bonchev–Trinajstić information content (AvgIpc) is 2.26. The van der Waals surface area contributed by atoms with E-state index in [2.05, 4.69) is 0 Å². The summed E-state index contributed by atoms with van der Waals surface area (Å²) in [7, 11) is 0. The van der Waals surface area contributed by atoms with Gasteiger partial charge in [-0.25, -0.2) is 0 Å².